The van der Waals surface area contributed by atoms with Crippen LogP contribution in [0.4, 0.5) is 4.79 Å². The first kappa shape index (κ1) is 15.4. The van der Waals surface area contributed by atoms with Gasteiger partial charge in [0.2, 0.25) is 0 Å². The van der Waals surface area contributed by atoms with Crippen molar-refractivity contribution in [3.63, 3.8) is 0 Å². The van der Waals surface area contributed by atoms with E-state index in [1.165, 1.54) is 16.1 Å². The maximum Gasteiger partial charge on any atom is 0.412 e. The highest BCUT2D eigenvalue weighted by Crippen LogP contribution is 2.43. The molecule has 2 aliphatic rings. The maximum absolute atomic E-state index is 12.2. The Hall–Kier alpha value is -1.98. The number of hydrogen-bond donors (Lipinski definition) is 0. The fourth-order valence-corrected chi connectivity index (χ4v) is 2.72. The van der Waals surface area contributed by atoms with Crippen LogP contribution in [0.2, 0.25) is 0 Å². The van der Waals surface area contributed by atoms with Gasteiger partial charge in [0.05, 0.1) is 17.8 Å². The van der Waals surface area contributed by atoms with E-state index in [9.17, 15) is 9.59 Å². The third-order valence-corrected chi connectivity index (χ3v) is 3.91. The number of carbonyl (C=O) groups excluding carboxylic acids is 2. The molecule has 1 heterocycles. The molecule has 0 saturated heterocycles. The SMILES string of the molecule is CC1=CCC2C(C(=O)N(C)C)=COC(OC(=O)N(C)C)C12. The van der Waals surface area contributed by atoms with E-state index in [1.54, 1.807) is 28.2 Å². The molecule has 6 heteroatoms. The van der Waals surface area contributed by atoms with Crippen LogP contribution in [0.25, 0.3) is 0 Å². The first-order valence-corrected chi connectivity index (χ1v) is 6.94. The van der Waals surface area contributed by atoms with Crippen molar-refractivity contribution in [3.05, 3.63) is 23.5 Å². The number of likely N-dealkylation sites (N-methyl/N-ethyl adjacent to an activating group) is 1. The first-order chi connectivity index (χ1) is 9.82. The zero-order valence-corrected chi connectivity index (χ0v) is 13.1. The van der Waals surface area contributed by atoms with Crippen LogP contribution in [0.3, 0.4) is 0 Å². The summed E-state index contributed by atoms with van der Waals surface area (Å²) in [5, 5.41) is 0. The van der Waals surface area contributed by atoms with Crippen LogP contribution in [-0.2, 0) is 14.3 Å². The summed E-state index contributed by atoms with van der Waals surface area (Å²) in [6.45, 7) is 1.98. The van der Waals surface area contributed by atoms with Gasteiger partial charge in [-0.15, -0.1) is 0 Å². The van der Waals surface area contributed by atoms with Gasteiger partial charge in [0.25, 0.3) is 12.2 Å². The fraction of sp³-hybridized carbons (Fsp3) is 0.600. The van der Waals surface area contributed by atoms with E-state index >= 15 is 0 Å². The Labute approximate surface area is 125 Å². The molecule has 0 N–H and O–H groups in total. The topological polar surface area (TPSA) is 59.1 Å². The van der Waals surface area contributed by atoms with Crippen molar-refractivity contribution in [2.75, 3.05) is 28.2 Å². The predicted octanol–water partition coefficient (Wildman–Crippen LogP) is 1.60. The van der Waals surface area contributed by atoms with Crippen molar-refractivity contribution in [3.8, 4) is 0 Å². The Morgan fingerprint density at radius 2 is 1.90 bits per heavy atom. The minimum atomic E-state index is -0.678. The fourth-order valence-electron chi connectivity index (χ4n) is 2.72. The second-order valence-corrected chi connectivity index (χ2v) is 5.87. The van der Waals surface area contributed by atoms with Gasteiger partial charge in [-0.3, -0.25) is 4.79 Å². The molecule has 1 aliphatic carbocycles. The molecule has 3 unspecified atom stereocenters. The molecule has 0 aromatic carbocycles. The van der Waals surface area contributed by atoms with E-state index in [4.69, 9.17) is 9.47 Å². The molecule has 0 aromatic rings. The van der Waals surface area contributed by atoms with E-state index in [0.29, 0.717) is 5.57 Å². The van der Waals surface area contributed by atoms with Gasteiger partial charge in [0.15, 0.2) is 0 Å². The molecule has 2 amide bonds. The Kier molecular flexibility index (Phi) is 4.25. The van der Waals surface area contributed by atoms with E-state index in [2.05, 4.69) is 6.08 Å². The molecule has 0 bridgehead atoms. The summed E-state index contributed by atoms with van der Waals surface area (Å²) in [5.74, 6) is -0.156. The van der Waals surface area contributed by atoms with E-state index in [-0.39, 0.29) is 17.7 Å². The van der Waals surface area contributed by atoms with Crippen LogP contribution in [-0.4, -0.2) is 56.3 Å². The largest absolute Gasteiger partial charge is 0.461 e. The van der Waals surface area contributed by atoms with Crippen molar-refractivity contribution in [2.24, 2.45) is 11.8 Å². The number of carbonyl (C=O) groups is 2. The van der Waals surface area contributed by atoms with Crippen molar-refractivity contribution in [1.82, 2.24) is 9.80 Å². The van der Waals surface area contributed by atoms with Gasteiger partial charge in [-0.05, 0) is 13.3 Å². The van der Waals surface area contributed by atoms with Crippen LogP contribution in [0.15, 0.2) is 23.5 Å². The number of nitrogens with zero attached hydrogens (tertiary/aromatic N) is 2. The number of amides is 2. The van der Waals surface area contributed by atoms with E-state index in [0.717, 1.165) is 12.0 Å². The zero-order chi connectivity index (χ0) is 15.7. The average Bonchev–Trinajstić information content (AvgIpc) is 2.81. The molecule has 0 fully saturated rings. The van der Waals surface area contributed by atoms with E-state index < -0.39 is 12.4 Å². The standard InChI is InChI=1S/C15H22N2O4/c1-9-6-7-10-11(13(18)16(2)3)8-20-14(12(9)10)21-15(19)17(4)5/h6,8,10,12,14H,7H2,1-5H3. The molecular weight excluding hydrogens is 272 g/mol. The van der Waals surface area contributed by atoms with Crippen molar-refractivity contribution < 1.29 is 19.1 Å². The number of hydrogen-bond acceptors (Lipinski definition) is 4. The van der Waals surface area contributed by atoms with Crippen molar-refractivity contribution in [1.29, 1.82) is 0 Å². The summed E-state index contributed by atoms with van der Waals surface area (Å²) < 4.78 is 10.9. The van der Waals surface area contributed by atoms with Gasteiger partial charge in [0.1, 0.15) is 0 Å². The van der Waals surface area contributed by atoms with Gasteiger partial charge < -0.3 is 19.3 Å². The molecule has 1 aliphatic heterocycles. The highest BCUT2D eigenvalue weighted by Gasteiger charge is 2.44. The molecular formula is C15H22N2O4. The third kappa shape index (κ3) is 2.89. The number of ether oxygens (including phenoxy) is 2. The lowest BCUT2D eigenvalue weighted by Gasteiger charge is -2.35. The zero-order valence-electron chi connectivity index (χ0n) is 13.1. The molecule has 0 spiro atoms. The molecule has 116 valence electrons. The minimum absolute atomic E-state index is 0.00797. The smallest absolute Gasteiger partial charge is 0.412 e. The number of rotatable bonds is 2. The summed E-state index contributed by atoms with van der Waals surface area (Å²) in [6, 6.07) is 0. The summed E-state index contributed by atoms with van der Waals surface area (Å²) in [7, 11) is 6.67. The van der Waals surface area contributed by atoms with Crippen molar-refractivity contribution in [2.45, 2.75) is 19.6 Å². The molecule has 0 saturated carbocycles. The van der Waals surface area contributed by atoms with Gasteiger partial charge in [0, 0.05) is 34.1 Å². The maximum atomic E-state index is 12.2. The summed E-state index contributed by atoms with van der Waals surface area (Å²) in [5.41, 5.74) is 1.73. The molecule has 3 atom stereocenters. The van der Waals surface area contributed by atoms with Gasteiger partial charge in [-0.1, -0.05) is 11.6 Å². The molecule has 0 aromatic heterocycles. The summed E-state index contributed by atoms with van der Waals surface area (Å²) in [6.07, 6.45) is 3.17. The normalized spacial score (nSPS) is 27.0. The van der Waals surface area contributed by atoms with Gasteiger partial charge in [-0.25, -0.2) is 4.79 Å². The third-order valence-electron chi connectivity index (χ3n) is 3.91. The van der Waals surface area contributed by atoms with Crippen LogP contribution in [0, 0.1) is 11.8 Å². The lowest BCUT2D eigenvalue weighted by molar-refractivity contribution is -0.132. The van der Waals surface area contributed by atoms with Crippen LogP contribution >= 0.6 is 0 Å². The lowest BCUT2D eigenvalue weighted by Crippen LogP contribution is -2.41. The van der Waals surface area contributed by atoms with Gasteiger partial charge >= 0.3 is 6.09 Å². The van der Waals surface area contributed by atoms with Crippen LogP contribution < -0.4 is 0 Å². The average molecular weight is 294 g/mol. The predicted molar refractivity (Wildman–Crippen MR) is 77.2 cm³/mol. The highest BCUT2D eigenvalue weighted by molar-refractivity contribution is 5.93. The molecule has 0 radical (unpaired) electrons. The van der Waals surface area contributed by atoms with Crippen LogP contribution in [0.1, 0.15) is 13.3 Å². The monoisotopic (exact) mass is 294 g/mol. The molecule has 6 nitrogen and oxygen atoms in total. The molecule has 21 heavy (non-hydrogen) atoms. The number of allylic oxidation sites excluding steroid dienone is 1. The Bertz CT molecular complexity index is 508. The minimum Gasteiger partial charge on any atom is -0.461 e. The quantitative estimate of drug-likeness (QED) is 0.726. The van der Waals surface area contributed by atoms with Gasteiger partial charge in [-0.2, -0.15) is 0 Å². The second-order valence-electron chi connectivity index (χ2n) is 5.87. The van der Waals surface area contributed by atoms with Crippen LogP contribution in [0.5, 0.6) is 0 Å². The highest BCUT2D eigenvalue weighted by atomic mass is 16.7. The Morgan fingerprint density at radius 3 is 2.48 bits per heavy atom. The second kappa shape index (κ2) is 5.79. The van der Waals surface area contributed by atoms with E-state index in [1.807, 2.05) is 6.92 Å². The summed E-state index contributed by atoms with van der Waals surface area (Å²) in [4.78, 5) is 26.9. The Balaban J connectivity index is 2.22. The number of fused-ring (bicyclic) bond motifs is 1. The Morgan fingerprint density at radius 1 is 1.24 bits per heavy atom. The summed E-state index contributed by atoms with van der Waals surface area (Å²) >= 11 is 0. The van der Waals surface area contributed by atoms with Crippen molar-refractivity contribution >= 4 is 12.0 Å². The lowest BCUT2D eigenvalue weighted by atomic mass is 9.83. The molecule has 2 rings (SSSR count). The first-order valence-electron chi connectivity index (χ1n) is 6.94.